The van der Waals surface area contributed by atoms with Crippen molar-refractivity contribution in [1.29, 1.82) is 0 Å². The zero-order valence-corrected chi connectivity index (χ0v) is 16.3. The summed E-state index contributed by atoms with van der Waals surface area (Å²) in [5, 5.41) is 8.29. The number of rotatable bonds is 4. The van der Waals surface area contributed by atoms with Gasteiger partial charge >= 0.3 is 12.0 Å². The number of benzene rings is 2. The Morgan fingerprint density at radius 3 is 2.30 bits per heavy atom. The number of urea groups is 1. The normalized spacial score (nSPS) is 10.3. The number of anilines is 2. The van der Waals surface area contributed by atoms with Crippen LogP contribution < -0.4 is 10.6 Å². The number of thiophene rings is 1. The van der Waals surface area contributed by atoms with Crippen LogP contribution in [-0.2, 0) is 4.74 Å². The predicted octanol–water partition coefficient (Wildman–Crippen LogP) is 5.81. The Balaban J connectivity index is 1.86. The van der Waals surface area contributed by atoms with Crippen molar-refractivity contribution in [2.45, 2.75) is 6.92 Å². The summed E-state index contributed by atoms with van der Waals surface area (Å²) in [5.41, 5.74) is 3.55. The molecule has 0 spiro atoms. The second kappa shape index (κ2) is 8.24. The Morgan fingerprint density at radius 2 is 1.67 bits per heavy atom. The van der Waals surface area contributed by atoms with Crippen molar-refractivity contribution in [3.8, 4) is 11.1 Å². The molecule has 3 aromatic rings. The van der Waals surface area contributed by atoms with Crippen LogP contribution in [0.1, 0.15) is 15.9 Å². The van der Waals surface area contributed by atoms with Crippen molar-refractivity contribution in [2.24, 2.45) is 0 Å². The maximum atomic E-state index is 12.3. The largest absolute Gasteiger partial charge is 0.465 e. The first-order valence-electron chi connectivity index (χ1n) is 8.08. The van der Waals surface area contributed by atoms with Crippen molar-refractivity contribution >= 4 is 45.6 Å². The first-order chi connectivity index (χ1) is 13.0. The molecule has 0 aliphatic rings. The summed E-state index contributed by atoms with van der Waals surface area (Å²) in [5.74, 6) is -0.521. The van der Waals surface area contributed by atoms with Gasteiger partial charge in [-0.15, -0.1) is 11.3 Å². The average Bonchev–Trinajstić information content (AvgIpc) is 3.07. The molecule has 0 radical (unpaired) electrons. The Hall–Kier alpha value is -2.83. The molecule has 0 unspecified atom stereocenters. The van der Waals surface area contributed by atoms with Crippen LogP contribution >= 0.6 is 22.9 Å². The number of nitrogens with one attached hydrogen (secondary N) is 2. The Bertz CT molecular complexity index is 966. The van der Waals surface area contributed by atoms with E-state index in [1.807, 2.05) is 43.3 Å². The first kappa shape index (κ1) is 18.9. The first-order valence-corrected chi connectivity index (χ1v) is 9.34. The van der Waals surface area contributed by atoms with Crippen LogP contribution in [0.25, 0.3) is 11.1 Å². The number of ether oxygens (including phenoxy) is 1. The van der Waals surface area contributed by atoms with Gasteiger partial charge in [-0.05, 0) is 36.8 Å². The molecule has 0 fully saturated rings. The lowest BCUT2D eigenvalue weighted by molar-refractivity contribution is 0.0603. The summed E-state index contributed by atoms with van der Waals surface area (Å²) >= 11 is 7.19. The maximum Gasteiger partial charge on any atom is 0.341 e. The van der Waals surface area contributed by atoms with Gasteiger partial charge in [-0.3, -0.25) is 5.32 Å². The molecule has 2 amide bonds. The maximum absolute atomic E-state index is 12.3. The van der Waals surface area contributed by atoms with Crippen molar-refractivity contribution in [2.75, 3.05) is 17.7 Å². The van der Waals surface area contributed by atoms with Crippen LogP contribution in [0.15, 0.2) is 53.9 Å². The monoisotopic (exact) mass is 400 g/mol. The molecule has 0 saturated heterocycles. The molecule has 27 heavy (non-hydrogen) atoms. The number of halogens is 1. The molecule has 1 aromatic heterocycles. The molecule has 138 valence electrons. The number of amides is 2. The van der Waals surface area contributed by atoms with Gasteiger partial charge in [0, 0.05) is 21.7 Å². The summed E-state index contributed by atoms with van der Waals surface area (Å²) in [6.45, 7) is 1.97. The molecular weight excluding hydrogens is 384 g/mol. The van der Waals surface area contributed by atoms with Crippen molar-refractivity contribution in [1.82, 2.24) is 0 Å². The highest BCUT2D eigenvalue weighted by Crippen LogP contribution is 2.36. The molecule has 2 aromatic carbocycles. The Kier molecular flexibility index (Phi) is 5.78. The van der Waals surface area contributed by atoms with Crippen molar-refractivity contribution in [3.63, 3.8) is 0 Å². The van der Waals surface area contributed by atoms with Gasteiger partial charge in [-0.25, -0.2) is 9.59 Å². The second-order valence-corrected chi connectivity index (χ2v) is 7.11. The van der Waals surface area contributed by atoms with E-state index >= 15 is 0 Å². The van der Waals surface area contributed by atoms with E-state index in [-0.39, 0.29) is 0 Å². The fraction of sp³-hybridized carbons (Fsp3) is 0.100. The highest BCUT2D eigenvalue weighted by Gasteiger charge is 2.22. The number of carbonyl (C=O) groups is 2. The van der Waals surface area contributed by atoms with Gasteiger partial charge in [0.1, 0.15) is 10.6 Å². The molecule has 1 heterocycles. The number of carbonyl (C=O) groups excluding carboxylic acids is 2. The minimum absolute atomic E-state index is 0.309. The molecule has 7 heteroatoms. The third-order valence-corrected chi connectivity index (χ3v) is 5.02. The van der Waals surface area contributed by atoms with Crippen molar-refractivity contribution < 1.29 is 14.3 Å². The molecule has 2 N–H and O–H groups in total. The molecular formula is C20H17ClN2O3S. The third kappa shape index (κ3) is 4.48. The van der Waals surface area contributed by atoms with Crippen LogP contribution in [0, 0.1) is 6.92 Å². The summed E-state index contributed by atoms with van der Waals surface area (Å²) in [6.07, 6.45) is 0. The third-order valence-electron chi connectivity index (χ3n) is 3.87. The van der Waals surface area contributed by atoms with E-state index in [1.54, 1.807) is 17.5 Å². The van der Waals surface area contributed by atoms with E-state index in [4.69, 9.17) is 16.3 Å². The summed E-state index contributed by atoms with van der Waals surface area (Å²) < 4.78 is 4.90. The van der Waals surface area contributed by atoms with Crippen LogP contribution in [0.3, 0.4) is 0 Å². The summed E-state index contributed by atoms with van der Waals surface area (Å²) in [6, 6.07) is 14.1. The van der Waals surface area contributed by atoms with Crippen LogP contribution in [0.2, 0.25) is 5.02 Å². The molecule has 0 saturated carbocycles. The summed E-state index contributed by atoms with van der Waals surface area (Å²) in [4.78, 5) is 24.7. The van der Waals surface area contributed by atoms with E-state index in [0.717, 1.165) is 11.1 Å². The number of esters is 1. The molecule has 0 atom stereocenters. The number of hydrogen-bond donors (Lipinski definition) is 2. The number of methoxy groups -OCH3 is 1. The van der Waals surface area contributed by atoms with Gasteiger partial charge < -0.3 is 10.1 Å². The topological polar surface area (TPSA) is 67.4 Å². The highest BCUT2D eigenvalue weighted by atomic mass is 35.5. The number of hydrogen-bond acceptors (Lipinski definition) is 4. The smallest absolute Gasteiger partial charge is 0.341 e. The van der Waals surface area contributed by atoms with Gasteiger partial charge in [0.05, 0.1) is 7.11 Å². The SMILES string of the molecule is COC(=O)c1c(-c2ccc(Cl)cc2)csc1NC(=O)Nc1ccc(C)cc1. The molecule has 0 aliphatic heterocycles. The van der Waals surface area contributed by atoms with E-state index < -0.39 is 12.0 Å². The van der Waals surface area contributed by atoms with Gasteiger partial charge in [0.2, 0.25) is 0 Å². The lowest BCUT2D eigenvalue weighted by Crippen LogP contribution is -2.20. The lowest BCUT2D eigenvalue weighted by Gasteiger charge is -2.09. The Morgan fingerprint density at radius 1 is 1.00 bits per heavy atom. The van der Waals surface area contributed by atoms with E-state index in [1.165, 1.54) is 18.4 Å². The molecule has 0 bridgehead atoms. The zero-order chi connectivity index (χ0) is 19.4. The average molecular weight is 401 g/mol. The molecule has 3 rings (SSSR count). The minimum atomic E-state index is -0.521. The number of aryl methyl sites for hydroxylation is 1. The fourth-order valence-electron chi connectivity index (χ4n) is 2.50. The quantitative estimate of drug-likeness (QED) is 0.543. The fourth-order valence-corrected chi connectivity index (χ4v) is 3.58. The standard InChI is InChI=1S/C20H17ClN2O3S/c1-12-3-9-15(10-4-12)22-20(25)23-18-17(19(24)26-2)16(11-27-18)13-5-7-14(21)8-6-13/h3-11H,1-2H3,(H2,22,23,25). The van der Waals surface area contributed by atoms with Gasteiger partial charge in [-0.2, -0.15) is 0 Å². The Labute approximate surface area is 165 Å². The van der Waals surface area contributed by atoms with Crippen LogP contribution in [0.4, 0.5) is 15.5 Å². The van der Waals surface area contributed by atoms with E-state index in [0.29, 0.717) is 26.8 Å². The van der Waals surface area contributed by atoms with E-state index in [9.17, 15) is 9.59 Å². The molecule has 5 nitrogen and oxygen atoms in total. The highest BCUT2D eigenvalue weighted by molar-refractivity contribution is 7.15. The van der Waals surface area contributed by atoms with Crippen LogP contribution in [-0.4, -0.2) is 19.1 Å². The summed E-state index contributed by atoms with van der Waals surface area (Å²) in [7, 11) is 1.31. The predicted molar refractivity (Wildman–Crippen MR) is 110 cm³/mol. The van der Waals surface area contributed by atoms with Crippen molar-refractivity contribution in [3.05, 3.63) is 70.1 Å². The van der Waals surface area contributed by atoms with E-state index in [2.05, 4.69) is 10.6 Å². The zero-order valence-electron chi connectivity index (χ0n) is 14.7. The lowest BCUT2D eigenvalue weighted by atomic mass is 10.0. The van der Waals surface area contributed by atoms with Crippen LogP contribution in [0.5, 0.6) is 0 Å². The van der Waals surface area contributed by atoms with Gasteiger partial charge in [0.25, 0.3) is 0 Å². The van der Waals surface area contributed by atoms with Gasteiger partial charge in [0.15, 0.2) is 0 Å². The van der Waals surface area contributed by atoms with Gasteiger partial charge in [-0.1, -0.05) is 41.4 Å². The second-order valence-electron chi connectivity index (χ2n) is 5.80. The molecule has 0 aliphatic carbocycles. The minimum Gasteiger partial charge on any atom is -0.465 e.